The lowest BCUT2D eigenvalue weighted by Crippen LogP contribution is -2.08. The van der Waals surface area contributed by atoms with E-state index in [1.165, 1.54) is 16.3 Å². The third kappa shape index (κ3) is 3.03. The SMILES string of the molecule is CNCc1c(OCc2ccncc2)ccc2ccccc12. The lowest BCUT2D eigenvalue weighted by Gasteiger charge is -2.14. The average molecular weight is 278 g/mol. The van der Waals surface area contributed by atoms with E-state index in [1.54, 1.807) is 12.4 Å². The fourth-order valence-electron chi connectivity index (χ4n) is 2.45. The van der Waals surface area contributed by atoms with Crippen LogP contribution >= 0.6 is 0 Å². The Morgan fingerprint density at radius 1 is 1.00 bits per heavy atom. The van der Waals surface area contributed by atoms with E-state index in [-0.39, 0.29) is 0 Å². The van der Waals surface area contributed by atoms with E-state index in [9.17, 15) is 0 Å². The molecule has 106 valence electrons. The molecule has 3 rings (SSSR count). The molecular formula is C18H18N2O. The molecule has 0 saturated heterocycles. The van der Waals surface area contributed by atoms with Crippen LogP contribution in [0.4, 0.5) is 0 Å². The largest absolute Gasteiger partial charge is 0.489 e. The van der Waals surface area contributed by atoms with Crippen molar-refractivity contribution in [2.24, 2.45) is 0 Å². The molecule has 0 radical (unpaired) electrons. The van der Waals surface area contributed by atoms with Crippen molar-refractivity contribution in [3.63, 3.8) is 0 Å². The second-order valence-electron chi connectivity index (χ2n) is 4.94. The number of ether oxygens (including phenoxy) is 1. The van der Waals surface area contributed by atoms with Gasteiger partial charge in [0.2, 0.25) is 0 Å². The van der Waals surface area contributed by atoms with Crippen LogP contribution in [-0.4, -0.2) is 12.0 Å². The summed E-state index contributed by atoms with van der Waals surface area (Å²) in [5.74, 6) is 0.930. The van der Waals surface area contributed by atoms with Crippen LogP contribution in [0.3, 0.4) is 0 Å². The van der Waals surface area contributed by atoms with E-state index in [0.717, 1.165) is 17.9 Å². The highest BCUT2D eigenvalue weighted by atomic mass is 16.5. The van der Waals surface area contributed by atoms with Crippen LogP contribution in [0, 0.1) is 0 Å². The number of aromatic nitrogens is 1. The number of fused-ring (bicyclic) bond motifs is 1. The summed E-state index contributed by atoms with van der Waals surface area (Å²) in [7, 11) is 1.95. The summed E-state index contributed by atoms with van der Waals surface area (Å²) in [6, 6.07) is 16.5. The normalized spacial score (nSPS) is 10.7. The van der Waals surface area contributed by atoms with Crippen molar-refractivity contribution in [3.05, 3.63) is 72.1 Å². The minimum absolute atomic E-state index is 0.553. The van der Waals surface area contributed by atoms with E-state index >= 15 is 0 Å². The highest BCUT2D eigenvalue weighted by Crippen LogP contribution is 2.28. The first-order valence-electron chi connectivity index (χ1n) is 7.05. The molecule has 0 unspecified atom stereocenters. The Kier molecular flexibility index (Phi) is 4.12. The van der Waals surface area contributed by atoms with E-state index in [2.05, 4.69) is 46.7 Å². The lowest BCUT2D eigenvalue weighted by molar-refractivity contribution is 0.303. The molecule has 0 aliphatic heterocycles. The molecule has 0 aliphatic rings. The van der Waals surface area contributed by atoms with Crippen LogP contribution in [0.25, 0.3) is 10.8 Å². The third-order valence-corrected chi connectivity index (χ3v) is 3.49. The standard InChI is InChI=1S/C18H18N2O/c1-19-12-17-16-5-3-2-4-15(16)6-7-18(17)21-13-14-8-10-20-11-9-14/h2-11,19H,12-13H2,1H3. The first-order valence-corrected chi connectivity index (χ1v) is 7.05. The number of hydrogen-bond donors (Lipinski definition) is 1. The zero-order valence-electron chi connectivity index (χ0n) is 12.0. The van der Waals surface area contributed by atoms with Crippen molar-refractivity contribution in [1.82, 2.24) is 10.3 Å². The molecule has 0 atom stereocenters. The number of rotatable bonds is 5. The smallest absolute Gasteiger partial charge is 0.124 e. The maximum Gasteiger partial charge on any atom is 0.124 e. The van der Waals surface area contributed by atoms with Crippen molar-refractivity contribution in [2.75, 3.05) is 7.05 Å². The number of hydrogen-bond acceptors (Lipinski definition) is 3. The first-order chi connectivity index (χ1) is 10.4. The van der Waals surface area contributed by atoms with Gasteiger partial charge < -0.3 is 10.1 Å². The molecule has 1 aromatic heterocycles. The monoisotopic (exact) mass is 278 g/mol. The van der Waals surface area contributed by atoms with Crippen molar-refractivity contribution in [3.8, 4) is 5.75 Å². The summed E-state index contributed by atoms with van der Waals surface area (Å²) < 4.78 is 6.02. The van der Waals surface area contributed by atoms with Crippen LogP contribution in [0.1, 0.15) is 11.1 Å². The van der Waals surface area contributed by atoms with Gasteiger partial charge in [-0.3, -0.25) is 4.98 Å². The van der Waals surface area contributed by atoms with Gasteiger partial charge in [-0.2, -0.15) is 0 Å². The highest BCUT2D eigenvalue weighted by Gasteiger charge is 2.08. The highest BCUT2D eigenvalue weighted by molar-refractivity contribution is 5.87. The Morgan fingerprint density at radius 3 is 2.62 bits per heavy atom. The second-order valence-corrected chi connectivity index (χ2v) is 4.94. The Hall–Kier alpha value is -2.39. The summed E-state index contributed by atoms with van der Waals surface area (Å²) >= 11 is 0. The molecule has 3 heteroatoms. The van der Waals surface area contributed by atoms with Crippen molar-refractivity contribution in [1.29, 1.82) is 0 Å². The van der Waals surface area contributed by atoms with E-state index in [1.807, 2.05) is 19.2 Å². The summed E-state index contributed by atoms with van der Waals surface area (Å²) in [6.07, 6.45) is 3.57. The Balaban J connectivity index is 1.92. The predicted molar refractivity (Wildman–Crippen MR) is 85.3 cm³/mol. The van der Waals surface area contributed by atoms with E-state index in [4.69, 9.17) is 4.74 Å². The molecule has 0 spiro atoms. The lowest BCUT2D eigenvalue weighted by atomic mass is 10.0. The number of nitrogens with one attached hydrogen (secondary N) is 1. The molecule has 2 aromatic carbocycles. The molecule has 0 bridgehead atoms. The summed E-state index contributed by atoms with van der Waals surface area (Å²) in [6.45, 7) is 1.34. The molecule has 0 amide bonds. The van der Waals surface area contributed by atoms with Gasteiger partial charge in [0.25, 0.3) is 0 Å². The van der Waals surface area contributed by atoms with Gasteiger partial charge in [0, 0.05) is 24.5 Å². The van der Waals surface area contributed by atoms with Gasteiger partial charge in [0.15, 0.2) is 0 Å². The maximum absolute atomic E-state index is 6.02. The van der Waals surface area contributed by atoms with E-state index < -0.39 is 0 Å². The average Bonchev–Trinajstić information content (AvgIpc) is 2.55. The topological polar surface area (TPSA) is 34.1 Å². The zero-order valence-corrected chi connectivity index (χ0v) is 12.0. The summed E-state index contributed by atoms with van der Waals surface area (Å²) in [5, 5.41) is 5.70. The predicted octanol–water partition coefficient (Wildman–Crippen LogP) is 3.53. The fourth-order valence-corrected chi connectivity index (χ4v) is 2.45. The van der Waals surface area contributed by atoms with Gasteiger partial charge in [-0.15, -0.1) is 0 Å². The number of benzene rings is 2. The Bertz CT molecular complexity index is 726. The van der Waals surface area contributed by atoms with Gasteiger partial charge in [-0.1, -0.05) is 30.3 Å². The van der Waals surface area contributed by atoms with Crippen LogP contribution in [0.15, 0.2) is 60.9 Å². The van der Waals surface area contributed by atoms with Crippen molar-refractivity contribution in [2.45, 2.75) is 13.2 Å². The van der Waals surface area contributed by atoms with Gasteiger partial charge in [-0.25, -0.2) is 0 Å². The molecule has 3 nitrogen and oxygen atoms in total. The summed E-state index contributed by atoms with van der Waals surface area (Å²) in [4.78, 5) is 4.02. The molecule has 1 N–H and O–H groups in total. The van der Waals surface area contributed by atoms with Gasteiger partial charge in [-0.05, 0) is 41.6 Å². The third-order valence-electron chi connectivity index (χ3n) is 3.49. The Labute approximate surface area is 124 Å². The molecule has 3 aromatic rings. The molecule has 21 heavy (non-hydrogen) atoms. The van der Waals surface area contributed by atoms with Crippen LogP contribution in [0.5, 0.6) is 5.75 Å². The van der Waals surface area contributed by atoms with Crippen molar-refractivity contribution >= 4 is 10.8 Å². The van der Waals surface area contributed by atoms with Crippen LogP contribution < -0.4 is 10.1 Å². The Morgan fingerprint density at radius 2 is 1.81 bits per heavy atom. The first kappa shape index (κ1) is 13.6. The van der Waals surface area contributed by atoms with Crippen LogP contribution in [0.2, 0.25) is 0 Å². The molecule has 0 aliphatic carbocycles. The molecule has 1 heterocycles. The fraction of sp³-hybridized carbons (Fsp3) is 0.167. The second kappa shape index (κ2) is 6.37. The summed E-state index contributed by atoms with van der Waals surface area (Å²) in [5.41, 5.74) is 2.32. The van der Waals surface area contributed by atoms with E-state index in [0.29, 0.717) is 6.61 Å². The van der Waals surface area contributed by atoms with Crippen LogP contribution in [-0.2, 0) is 13.2 Å². The van der Waals surface area contributed by atoms with Crippen molar-refractivity contribution < 1.29 is 4.74 Å². The minimum Gasteiger partial charge on any atom is -0.489 e. The molecular weight excluding hydrogens is 260 g/mol. The molecule has 0 saturated carbocycles. The maximum atomic E-state index is 6.02. The van der Waals surface area contributed by atoms with Gasteiger partial charge in [0.05, 0.1) is 0 Å². The molecule has 0 fully saturated rings. The quantitative estimate of drug-likeness (QED) is 0.775. The minimum atomic E-state index is 0.553. The zero-order chi connectivity index (χ0) is 14.5. The van der Waals surface area contributed by atoms with Gasteiger partial charge in [0.1, 0.15) is 12.4 Å². The van der Waals surface area contributed by atoms with Gasteiger partial charge >= 0.3 is 0 Å². The number of pyridine rings is 1. The number of nitrogens with zero attached hydrogens (tertiary/aromatic N) is 1.